The van der Waals surface area contributed by atoms with E-state index < -0.39 is 0 Å². The van der Waals surface area contributed by atoms with Gasteiger partial charge >= 0.3 is 0 Å². The van der Waals surface area contributed by atoms with Gasteiger partial charge in [0.15, 0.2) is 5.96 Å². The summed E-state index contributed by atoms with van der Waals surface area (Å²) in [6, 6.07) is 0.479. The molecule has 3 unspecified atom stereocenters. The maximum Gasteiger partial charge on any atom is 0.191 e. The predicted molar refractivity (Wildman–Crippen MR) is 104 cm³/mol. The first-order chi connectivity index (χ1) is 12.2. The van der Waals surface area contributed by atoms with Crippen molar-refractivity contribution in [1.29, 1.82) is 0 Å². The van der Waals surface area contributed by atoms with Crippen molar-refractivity contribution >= 4 is 5.96 Å². The minimum absolute atomic E-state index is 0.256. The first-order valence-corrected chi connectivity index (χ1v) is 10.5. The highest BCUT2D eigenvalue weighted by atomic mass is 16.5. The van der Waals surface area contributed by atoms with Gasteiger partial charge in [-0.15, -0.1) is 0 Å². The average molecular weight is 354 g/mol. The van der Waals surface area contributed by atoms with Gasteiger partial charge in [0.2, 0.25) is 0 Å². The Kier molecular flexibility index (Phi) is 8.50. The van der Waals surface area contributed by atoms with Gasteiger partial charge in [-0.1, -0.05) is 26.2 Å². The Bertz CT molecular complexity index is 402. The molecule has 2 rings (SSSR count). The molecule has 2 saturated carbocycles. The summed E-state index contributed by atoms with van der Waals surface area (Å²) in [6.45, 7) is 9.15. The van der Waals surface area contributed by atoms with Gasteiger partial charge in [-0.3, -0.25) is 4.99 Å². The molecule has 0 heterocycles. The van der Waals surface area contributed by atoms with E-state index in [0.29, 0.717) is 23.5 Å². The van der Waals surface area contributed by atoms with E-state index >= 15 is 0 Å². The van der Waals surface area contributed by atoms with Crippen molar-refractivity contribution in [3.63, 3.8) is 0 Å². The molecule has 1 spiro atoms. The van der Waals surface area contributed by atoms with Crippen LogP contribution in [0.3, 0.4) is 0 Å². The largest absolute Gasteiger partial charge is 0.396 e. The molecule has 5 nitrogen and oxygen atoms in total. The summed E-state index contributed by atoms with van der Waals surface area (Å²) in [7, 11) is 0. The first-order valence-electron chi connectivity index (χ1n) is 10.5. The van der Waals surface area contributed by atoms with Crippen LogP contribution >= 0.6 is 0 Å². The van der Waals surface area contributed by atoms with Crippen LogP contribution in [-0.2, 0) is 4.74 Å². The second-order valence-corrected chi connectivity index (χ2v) is 7.70. The molecule has 2 aliphatic carbocycles. The summed E-state index contributed by atoms with van der Waals surface area (Å²) < 4.78 is 6.02. The lowest BCUT2D eigenvalue weighted by atomic mass is 9.60. The van der Waals surface area contributed by atoms with E-state index in [1.54, 1.807) is 0 Å². The summed E-state index contributed by atoms with van der Waals surface area (Å²) in [5.41, 5.74) is 0.320. The quantitative estimate of drug-likeness (QED) is 0.417. The molecule has 146 valence electrons. The second kappa shape index (κ2) is 10.4. The van der Waals surface area contributed by atoms with Crippen LogP contribution in [0.4, 0.5) is 0 Å². The number of ether oxygens (including phenoxy) is 1. The molecule has 0 bridgehead atoms. The van der Waals surface area contributed by atoms with Crippen molar-refractivity contribution in [2.45, 2.75) is 84.3 Å². The van der Waals surface area contributed by atoms with E-state index in [0.717, 1.165) is 51.3 Å². The number of guanidine groups is 1. The van der Waals surface area contributed by atoms with E-state index in [-0.39, 0.29) is 6.61 Å². The van der Waals surface area contributed by atoms with Gasteiger partial charge in [-0.05, 0) is 51.9 Å². The highest BCUT2D eigenvalue weighted by Gasteiger charge is 2.56. The number of aliphatic hydroxyl groups is 1. The summed E-state index contributed by atoms with van der Waals surface area (Å²) in [5, 5.41) is 16.4. The van der Waals surface area contributed by atoms with Crippen molar-refractivity contribution in [2.75, 3.05) is 26.3 Å². The van der Waals surface area contributed by atoms with E-state index in [9.17, 15) is 5.11 Å². The Morgan fingerprint density at radius 2 is 2.00 bits per heavy atom. The number of hydrogen-bond acceptors (Lipinski definition) is 3. The van der Waals surface area contributed by atoms with Gasteiger partial charge in [0, 0.05) is 37.8 Å². The summed E-state index contributed by atoms with van der Waals surface area (Å²) in [5.74, 6) is 1.41. The number of aliphatic imine (C=N–C) groups is 1. The Labute approximate surface area is 154 Å². The zero-order chi connectivity index (χ0) is 18.1. The Hall–Kier alpha value is -0.810. The lowest BCUT2D eigenvalue weighted by Crippen LogP contribution is -2.65. The topological polar surface area (TPSA) is 65.9 Å². The van der Waals surface area contributed by atoms with Gasteiger partial charge in [-0.2, -0.15) is 0 Å². The molecule has 0 radical (unpaired) electrons. The SMILES string of the molecule is CCCC(CCO)CN=C(NCC)NC1CC(OCC)C12CCCC2. The normalized spacial score (nSPS) is 26.5. The van der Waals surface area contributed by atoms with E-state index in [1.807, 2.05) is 0 Å². The molecule has 2 fully saturated rings. The third-order valence-corrected chi connectivity index (χ3v) is 6.08. The Balaban J connectivity index is 1.97. The lowest BCUT2D eigenvalue weighted by Gasteiger charge is -2.54. The molecule has 0 aromatic carbocycles. The molecule has 0 aromatic heterocycles. The third-order valence-electron chi connectivity index (χ3n) is 6.08. The third kappa shape index (κ3) is 5.10. The minimum Gasteiger partial charge on any atom is -0.396 e. The molecule has 3 atom stereocenters. The number of rotatable bonds is 10. The number of aliphatic hydroxyl groups excluding tert-OH is 1. The standard InChI is InChI=1S/C20H39N3O2/c1-4-9-16(10-13-24)15-22-19(21-5-2)23-17-14-18(25-6-3)20(17)11-7-8-12-20/h16-18,24H,4-15H2,1-3H3,(H2,21,22,23). The predicted octanol–water partition coefficient (Wildman–Crippen LogP) is 3.08. The van der Waals surface area contributed by atoms with Gasteiger partial charge < -0.3 is 20.5 Å². The minimum atomic E-state index is 0.256. The molecule has 25 heavy (non-hydrogen) atoms. The van der Waals surface area contributed by atoms with Crippen LogP contribution in [0, 0.1) is 11.3 Å². The van der Waals surface area contributed by atoms with Crippen LogP contribution in [0.5, 0.6) is 0 Å². The van der Waals surface area contributed by atoms with Crippen LogP contribution in [0.1, 0.15) is 72.1 Å². The number of nitrogens with zero attached hydrogens (tertiary/aromatic N) is 1. The van der Waals surface area contributed by atoms with Crippen molar-refractivity contribution in [2.24, 2.45) is 16.3 Å². The molecule has 0 aromatic rings. The van der Waals surface area contributed by atoms with Gasteiger partial charge in [0.05, 0.1) is 6.10 Å². The van der Waals surface area contributed by atoms with Crippen molar-refractivity contribution in [3.05, 3.63) is 0 Å². The zero-order valence-electron chi connectivity index (χ0n) is 16.5. The van der Waals surface area contributed by atoms with Gasteiger partial charge in [-0.25, -0.2) is 0 Å². The van der Waals surface area contributed by atoms with Crippen LogP contribution in [0.15, 0.2) is 4.99 Å². The molecule has 5 heteroatoms. The average Bonchev–Trinajstić information content (AvgIpc) is 3.12. The fourth-order valence-corrected chi connectivity index (χ4v) is 4.71. The summed E-state index contributed by atoms with van der Waals surface area (Å²) in [6.07, 6.45) is 9.83. The van der Waals surface area contributed by atoms with E-state index in [4.69, 9.17) is 9.73 Å². The molecule has 2 aliphatic rings. The van der Waals surface area contributed by atoms with Gasteiger partial charge in [0.1, 0.15) is 0 Å². The van der Waals surface area contributed by atoms with E-state index in [1.165, 1.54) is 25.7 Å². The Morgan fingerprint density at radius 1 is 1.24 bits per heavy atom. The Morgan fingerprint density at radius 3 is 2.60 bits per heavy atom. The number of nitrogens with one attached hydrogen (secondary N) is 2. The van der Waals surface area contributed by atoms with Gasteiger partial charge in [0.25, 0.3) is 0 Å². The molecule has 3 N–H and O–H groups in total. The maximum atomic E-state index is 9.25. The van der Waals surface area contributed by atoms with Crippen molar-refractivity contribution in [3.8, 4) is 0 Å². The summed E-state index contributed by atoms with van der Waals surface area (Å²) in [4.78, 5) is 4.84. The monoisotopic (exact) mass is 353 g/mol. The van der Waals surface area contributed by atoms with Crippen LogP contribution < -0.4 is 10.6 Å². The van der Waals surface area contributed by atoms with Crippen molar-refractivity contribution < 1.29 is 9.84 Å². The van der Waals surface area contributed by atoms with E-state index in [2.05, 4.69) is 31.4 Å². The maximum absolute atomic E-state index is 9.25. The smallest absolute Gasteiger partial charge is 0.191 e. The molecule has 0 amide bonds. The highest BCUT2D eigenvalue weighted by molar-refractivity contribution is 5.80. The molecule has 0 aliphatic heterocycles. The fourth-order valence-electron chi connectivity index (χ4n) is 4.71. The lowest BCUT2D eigenvalue weighted by molar-refractivity contribution is -0.125. The van der Waals surface area contributed by atoms with Crippen LogP contribution in [0.25, 0.3) is 0 Å². The summed E-state index contributed by atoms with van der Waals surface area (Å²) >= 11 is 0. The first kappa shape index (κ1) is 20.5. The molecular weight excluding hydrogens is 314 g/mol. The van der Waals surface area contributed by atoms with Crippen molar-refractivity contribution in [1.82, 2.24) is 10.6 Å². The second-order valence-electron chi connectivity index (χ2n) is 7.70. The molecular formula is C20H39N3O2. The number of hydrogen-bond donors (Lipinski definition) is 3. The molecule has 0 saturated heterocycles. The highest BCUT2D eigenvalue weighted by Crippen LogP contribution is 2.54. The fraction of sp³-hybridized carbons (Fsp3) is 0.950. The van der Waals surface area contributed by atoms with Crippen LogP contribution in [0.2, 0.25) is 0 Å². The van der Waals surface area contributed by atoms with Crippen LogP contribution in [-0.4, -0.2) is 49.5 Å². The zero-order valence-corrected chi connectivity index (χ0v) is 16.5.